The van der Waals surface area contributed by atoms with E-state index in [-0.39, 0.29) is 24.5 Å². The molecule has 2 rings (SSSR count). The Morgan fingerprint density at radius 2 is 1.62 bits per heavy atom. The number of ether oxygens (including phenoxy) is 2. The average molecular weight is 282 g/mol. The highest BCUT2D eigenvalue weighted by atomic mass is 19.1. The van der Waals surface area contributed by atoms with E-state index in [0.717, 1.165) is 6.07 Å². The molecule has 0 aromatic heterocycles. The average Bonchev–Trinajstić information content (AvgIpc) is 2.52. The van der Waals surface area contributed by atoms with Crippen LogP contribution in [0, 0.1) is 28.5 Å². The molecule has 4 nitrogen and oxygen atoms in total. The van der Waals surface area contributed by atoms with Crippen molar-refractivity contribution < 1.29 is 13.9 Å². The van der Waals surface area contributed by atoms with Gasteiger partial charge in [-0.05, 0) is 36.4 Å². The first-order chi connectivity index (χ1) is 10.2. The third kappa shape index (κ3) is 3.95. The minimum absolute atomic E-state index is 0.0726. The van der Waals surface area contributed by atoms with Crippen LogP contribution >= 0.6 is 0 Å². The minimum atomic E-state index is -0.583. The van der Waals surface area contributed by atoms with E-state index in [2.05, 4.69) is 0 Å². The van der Waals surface area contributed by atoms with E-state index < -0.39 is 5.82 Å². The lowest BCUT2D eigenvalue weighted by Gasteiger charge is -2.09. The van der Waals surface area contributed by atoms with Crippen molar-refractivity contribution in [2.45, 2.75) is 0 Å². The Morgan fingerprint density at radius 1 is 0.905 bits per heavy atom. The number of nitrogens with zero attached hydrogens (tertiary/aromatic N) is 2. The third-order valence-corrected chi connectivity index (χ3v) is 2.63. The van der Waals surface area contributed by atoms with Gasteiger partial charge < -0.3 is 9.47 Å². The van der Waals surface area contributed by atoms with Crippen molar-refractivity contribution in [2.75, 3.05) is 13.2 Å². The lowest BCUT2D eigenvalue weighted by molar-refractivity contribution is 0.211. The minimum Gasteiger partial charge on any atom is -0.490 e. The normalized spacial score (nSPS) is 9.48. The van der Waals surface area contributed by atoms with Crippen molar-refractivity contribution in [2.24, 2.45) is 0 Å². The van der Waals surface area contributed by atoms with Crippen LogP contribution in [-0.4, -0.2) is 13.2 Å². The highest BCUT2D eigenvalue weighted by Crippen LogP contribution is 2.18. The van der Waals surface area contributed by atoms with Crippen LogP contribution in [0.4, 0.5) is 4.39 Å². The van der Waals surface area contributed by atoms with Gasteiger partial charge in [0, 0.05) is 0 Å². The molecular weight excluding hydrogens is 271 g/mol. The predicted molar refractivity (Wildman–Crippen MR) is 73.3 cm³/mol. The van der Waals surface area contributed by atoms with Gasteiger partial charge in [0.1, 0.15) is 19.0 Å². The third-order valence-electron chi connectivity index (χ3n) is 2.63. The van der Waals surface area contributed by atoms with Crippen molar-refractivity contribution >= 4 is 0 Å². The molecule has 0 radical (unpaired) electrons. The molecule has 0 unspecified atom stereocenters. The maximum atomic E-state index is 13.5. The molecule has 0 amide bonds. The smallest absolute Gasteiger partial charge is 0.166 e. The molecule has 0 fully saturated rings. The van der Waals surface area contributed by atoms with Crippen molar-refractivity contribution in [3.63, 3.8) is 0 Å². The van der Waals surface area contributed by atoms with Crippen molar-refractivity contribution in [3.8, 4) is 23.6 Å². The standard InChI is InChI=1S/C16H11FN2O2/c17-15-9-13(11-19)4-5-16(15)21-7-6-20-14-3-1-2-12(8-14)10-18/h1-5,8-9H,6-7H2. The Bertz CT molecular complexity index is 717. The number of benzene rings is 2. The van der Waals surface area contributed by atoms with Gasteiger partial charge in [-0.3, -0.25) is 0 Å². The van der Waals surface area contributed by atoms with Crippen molar-refractivity contribution in [1.82, 2.24) is 0 Å². The van der Waals surface area contributed by atoms with E-state index in [1.807, 2.05) is 12.1 Å². The highest BCUT2D eigenvalue weighted by Gasteiger charge is 2.04. The molecule has 0 heterocycles. The van der Waals surface area contributed by atoms with E-state index in [4.69, 9.17) is 20.0 Å². The van der Waals surface area contributed by atoms with Gasteiger partial charge in [-0.25, -0.2) is 4.39 Å². The lowest BCUT2D eigenvalue weighted by Crippen LogP contribution is -2.09. The van der Waals surface area contributed by atoms with Gasteiger partial charge in [0.2, 0.25) is 0 Å². The molecule has 0 saturated heterocycles. The number of nitriles is 2. The maximum Gasteiger partial charge on any atom is 0.166 e. The van der Waals surface area contributed by atoms with Gasteiger partial charge >= 0.3 is 0 Å². The Labute approximate surface area is 121 Å². The summed E-state index contributed by atoms with van der Waals surface area (Å²) in [7, 11) is 0. The second-order valence-corrected chi connectivity index (χ2v) is 4.09. The fourth-order valence-electron chi connectivity index (χ4n) is 1.65. The van der Waals surface area contributed by atoms with Crippen LogP contribution in [0.25, 0.3) is 0 Å². The summed E-state index contributed by atoms with van der Waals surface area (Å²) in [4.78, 5) is 0. The molecule has 0 atom stereocenters. The van der Waals surface area contributed by atoms with E-state index in [1.54, 1.807) is 24.3 Å². The van der Waals surface area contributed by atoms with Crippen molar-refractivity contribution in [3.05, 3.63) is 59.4 Å². The lowest BCUT2D eigenvalue weighted by atomic mass is 10.2. The second-order valence-electron chi connectivity index (χ2n) is 4.09. The first-order valence-corrected chi connectivity index (χ1v) is 6.18. The quantitative estimate of drug-likeness (QED) is 0.791. The summed E-state index contributed by atoms with van der Waals surface area (Å²) >= 11 is 0. The molecular formula is C16H11FN2O2. The zero-order valence-electron chi connectivity index (χ0n) is 11.0. The Morgan fingerprint density at radius 3 is 2.33 bits per heavy atom. The molecule has 0 aliphatic heterocycles. The molecule has 0 saturated carbocycles. The molecule has 0 spiro atoms. The summed E-state index contributed by atoms with van der Waals surface area (Å²) in [5.41, 5.74) is 0.746. The zero-order chi connectivity index (χ0) is 15.1. The number of hydrogen-bond acceptors (Lipinski definition) is 4. The molecule has 2 aromatic rings. The van der Waals surface area contributed by atoms with Crippen molar-refractivity contribution in [1.29, 1.82) is 10.5 Å². The van der Waals surface area contributed by atoms with Crippen LogP contribution in [0.1, 0.15) is 11.1 Å². The predicted octanol–water partition coefficient (Wildman–Crippen LogP) is 3.03. The monoisotopic (exact) mass is 282 g/mol. The molecule has 0 N–H and O–H groups in total. The molecule has 2 aromatic carbocycles. The SMILES string of the molecule is N#Cc1cccc(OCCOc2ccc(C#N)cc2F)c1. The largest absolute Gasteiger partial charge is 0.490 e. The summed E-state index contributed by atoms with van der Waals surface area (Å²) in [6.07, 6.45) is 0. The molecule has 104 valence electrons. The van der Waals surface area contributed by atoms with Gasteiger partial charge in [-0.1, -0.05) is 6.07 Å². The maximum absolute atomic E-state index is 13.5. The molecule has 5 heteroatoms. The summed E-state index contributed by atoms with van der Waals surface area (Å²) < 4.78 is 24.2. The molecule has 0 aliphatic carbocycles. The summed E-state index contributed by atoms with van der Waals surface area (Å²) in [6.45, 7) is 0.369. The van der Waals surface area contributed by atoms with Crippen LogP contribution < -0.4 is 9.47 Å². The van der Waals surface area contributed by atoms with Crippen LogP contribution in [0.2, 0.25) is 0 Å². The van der Waals surface area contributed by atoms with Gasteiger partial charge in [-0.15, -0.1) is 0 Å². The van der Waals surface area contributed by atoms with Crippen LogP contribution in [-0.2, 0) is 0 Å². The number of hydrogen-bond donors (Lipinski definition) is 0. The van der Waals surface area contributed by atoms with Gasteiger partial charge in [0.15, 0.2) is 11.6 Å². The van der Waals surface area contributed by atoms with Crippen LogP contribution in [0.5, 0.6) is 11.5 Å². The van der Waals surface area contributed by atoms with Crippen LogP contribution in [0.3, 0.4) is 0 Å². The topological polar surface area (TPSA) is 66.0 Å². The van der Waals surface area contributed by atoms with Gasteiger partial charge in [0.05, 0.1) is 23.3 Å². The van der Waals surface area contributed by atoms with E-state index in [0.29, 0.717) is 11.3 Å². The van der Waals surface area contributed by atoms with E-state index >= 15 is 0 Å². The van der Waals surface area contributed by atoms with Gasteiger partial charge in [-0.2, -0.15) is 10.5 Å². The van der Waals surface area contributed by atoms with E-state index in [1.165, 1.54) is 12.1 Å². The van der Waals surface area contributed by atoms with Crippen LogP contribution in [0.15, 0.2) is 42.5 Å². The summed E-state index contributed by atoms with van der Waals surface area (Å²) in [5.74, 6) is 0.0434. The zero-order valence-corrected chi connectivity index (χ0v) is 11.0. The fraction of sp³-hybridized carbons (Fsp3) is 0.125. The number of halogens is 1. The van der Waals surface area contributed by atoms with E-state index in [9.17, 15) is 4.39 Å². The number of rotatable bonds is 5. The molecule has 0 bridgehead atoms. The molecule has 21 heavy (non-hydrogen) atoms. The summed E-state index contributed by atoms with van der Waals surface area (Å²) in [5, 5.41) is 17.4. The van der Waals surface area contributed by atoms with Gasteiger partial charge in [0.25, 0.3) is 0 Å². The first kappa shape index (κ1) is 14.4. The highest BCUT2D eigenvalue weighted by molar-refractivity contribution is 5.37. The first-order valence-electron chi connectivity index (χ1n) is 6.18. The Balaban J connectivity index is 1.85. The Hall–Kier alpha value is -3.05. The summed E-state index contributed by atoms with van der Waals surface area (Å²) in [6, 6.07) is 14.6. The second kappa shape index (κ2) is 6.93. The molecule has 0 aliphatic rings. The Kier molecular flexibility index (Phi) is 4.74. The fourth-order valence-corrected chi connectivity index (χ4v) is 1.65.